The lowest BCUT2D eigenvalue weighted by molar-refractivity contribution is -0.138. The number of amides is 1. The minimum Gasteiger partial charge on any atom is -0.334 e. The zero-order valence-corrected chi connectivity index (χ0v) is 12.5. The first kappa shape index (κ1) is 15.5. The zero-order valence-electron chi connectivity index (χ0n) is 12.5. The summed E-state index contributed by atoms with van der Waals surface area (Å²) in [6.45, 7) is 0.900. The van der Waals surface area contributed by atoms with Crippen LogP contribution in [0.2, 0.25) is 0 Å². The van der Waals surface area contributed by atoms with Crippen molar-refractivity contribution in [2.45, 2.75) is 32.1 Å². The fourth-order valence-electron chi connectivity index (χ4n) is 2.73. The summed E-state index contributed by atoms with van der Waals surface area (Å²) < 4.78 is 41.0. The molecule has 1 amide bonds. The van der Waals surface area contributed by atoms with Crippen molar-refractivity contribution in [1.29, 1.82) is 0 Å². The molecule has 2 aromatic rings. The number of aromatic nitrogens is 3. The topological polar surface area (TPSA) is 51.0 Å². The van der Waals surface area contributed by atoms with E-state index in [-0.39, 0.29) is 12.1 Å². The van der Waals surface area contributed by atoms with Crippen LogP contribution in [0.5, 0.6) is 0 Å². The molecule has 0 spiro atoms. The Morgan fingerprint density at radius 2 is 2.04 bits per heavy atom. The number of fused-ring (bicyclic) bond motifs is 1. The van der Waals surface area contributed by atoms with Crippen molar-refractivity contribution in [3.63, 3.8) is 0 Å². The fraction of sp³-hybridized carbons (Fsp3) is 0.400. The highest BCUT2D eigenvalue weighted by atomic mass is 19.4. The SMILES string of the molecule is CN(Cc1nnc2n1CCC2)C(=O)c1ccccc1C(F)(F)F. The standard InChI is InChI=1S/C15H15F3N4O/c1-21(9-13-20-19-12-7-4-8-22(12)13)14(23)10-5-2-3-6-11(10)15(16,17)18/h2-3,5-6H,4,7-9H2,1H3. The van der Waals surface area contributed by atoms with Gasteiger partial charge in [-0.1, -0.05) is 12.1 Å². The summed E-state index contributed by atoms with van der Waals surface area (Å²) in [4.78, 5) is 13.6. The maximum atomic E-state index is 13.0. The smallest absolute Gasteiger partial charge is 0.334 e. The van der Waals surface area contributed by atoms with Gasteiger partial charge in [0.25, 0.3) is 5.91 Å². The number of hydrogen-bond donors (Lipinski definition) is 0. The molecule has 1 aliphatic rings. The summed E-state index contributed by atoms with van der Waals surface area (Å²) in [7, 11) is 1.46. The van der Waals surface area contributed by atoms with E-state index in [0.717, 1.165) is 31.3 Å². The normalized spacial score (nSPS) is 13.9. The molecule has 8 heteroatoms. The maximum Gasteiger partial charge on any atom is 0.417 e. The van der Waals surface area contributed by atoms with Gasteiger partial charge in [-0.2, -0.15) is 13.2 Å². The second-order valence-electron chi connectivity index (χ2n) is 5.49. The Bertz CT molecular complexity index is 739. The van der Waals surface area contributed by atoms with E-state index in [1.165, 1.54) is 30.1 Å². The number of halogens is 3. The van der Waals surface area contributed by atoms with E-state index in [1.54, 1.807) is 0 Å². The Morgan fingerprint density at radius 1 is 1.30 bits per heavy atom. The van der Waals surface area contributed by atoms with Crippen molar-refractivity contribution in [2.75, 3.05) is 7.05 Å². The average Bonchev–Trinajstić information content (AvgIpc) is 3.10. The molecule has 0 fully saturated rings. The maximum absolute atomic E-state index is 13.0. The van der Waals surface area contributed by atoms with Crippen LogP contribution in [0.15, 0.2) is 24.3 Å². The molecule has 0 bridgehead atoms. The summed E-state index contributed by atoms with van der Waals surface area (Å²) in [5.41, 5.74) is -1.29. The quantitative estimate of drug-likeness (QED) is 0.872. The first-order valence-electron chi connectivity index (χ1n) is 7.20. The van der Waals surface area contributed by atoms with Crippen molar-refractivity contribution in [1.82, 2.24) is 19.7 Å². The number of hydrogen-bond acceptors (Lipinski definition) is 3. The van der Waals surface area contributed by atoms with Gasteiger partial charge in [0, 0.05) is 20.0 Å². The first-order chi connectivity index (χ1) is 10.9. The predicted molar refractivity (Wildman–Crippen MR) is 75.6 cm³/mol. The van der Waals surface area contributed by atoms with E-state index in [4.69, 9.17) is 0 Å². The molecule has 5 nitrogen and oxygen atoms in total. The van der Waals surface area contributed by atoms with Crippen LogP contribution in [0.1, 0.15) is 34.0 Å². The highest BCUT2D eigenvalue weighted by molar-refractivity contribution is 5.95. The Morgan fingerprint density at radius 3 is 2.78 bits per heavy atom. The van der Waals surface area contributed by atoms with Gasteiger partial charge in [-0.25, -0.2) is 0 Å². The van der Waals surface area contributed by atoms with Crippen LogP contribution < -0.4 is 0 Å². The largest absolute Gasteiger partial charge is 0.417 e. The van der Waals surface area contributed by atoms with Crippen molar-refractivity contribution in [3.05, 3.63) is 47.0 Å². The van der Waals surface area contributed by atoms with Gasteiger partial charge >= 0.3 is 6.18 Å². The number of carbonyl (C=O) groups is 1. The molecule has 0 unspecified atom stereocenters. The van der Waals surface area contributed by atoms with E-state index in [0.29, 0.717) is 5.82 Å². The number of benzene rings is 1. The van der Waals surface area contributed by atoms with E-state index in [9.17, 15) is 18.0 Å². The minimum absolute atomic E-state index is 0.123. The lowest BCUT2D eigenvalue weighted by Gasteiger charge is -2.19. The van der Waals surface area contributed by atoms with E-state index < -0.39 is 17.6 Å². The zero-order chi connectivity index (χ0) is 16.6. The van der Waals surface area contributed by atoms with Crippen molar-refractivity contribution >= 4 is 5.91 Å². The lowest BCUT2D eigenvalue weighted by atomic mass is 10.1. The molecule has 3 rings (SSSR count). The predicted octanol–water partition coefficient (Wildman–Crippen LogP) is 2.52. The highest BCUT2D eigenvalue weighted by Crippen LogP contribution is 2.32. The Labute approximate surface area is 130 Å². The molecule has 0 aliphatic carbocycles. The Hall–Kier alpha value is -2.38. The Balaban J connectivity index is 1.83. The molecule has 0 saturated heterocycles. The molecule has 0 radical (unpaired) electrons. The third-order valence-electron chi connectivity index (χ3n) is 3.87. The monoisotopic (exact) mass is 324 g/mol. The van der Waals surface area contributed by atoms with Gasteiger partial charge in [0.2, 0.25) is 0 Å². The van der Waals surface area contributed by atoms with E-state index >= 15 is 0 Å². The summed E-state index contributed by atoms with van der Waals surface area (Å²) >= 11 is 0. The second-order valence-corrected chi connectivity index (χ2v) is 5.49. The third-order valence-corrected chi connectivity index (χ3v) is 3.87. The number of rotatable bonds is 3. The Kier molecular flexibility index (Phi) is 3.83. The van der Waals surface area contributed by atoms with Crippen molar-refractivity contribution in [2.24, 2.45) is 0 Å². The molecule has 122 valence electrons. The number of alkyl halides is 3. The van der Waals surface area contributed by atoms with Gasteiger partial charge in [-0.05, 0) is 18.6 Å². The fourth-order valence-corrected chi connectivity index (χ4v) is 2.73. The van der Waals surface area contributed by atoms with Crippen LogP contribution >= 0.6 is 0 Å². The molecule has 0 N–H and O–H groups in total. The van der Waals surface area contributed by atoms with Crippen LogP contribution in [0.25, 0.3) is 0 Å². The molecule has 23 heavy (non-hydrogen) atoms. The summed E-state index contributed by atoms with van der Waals surface area (Å²) in [5.74, 6) is 0.766. The van der Waals surface area contributed by atoms with Gasteiger partial charge in [-0.15, -0.1) is 10.2 Å². The van der Waals surface area contributed by atoms with Gasteiger partial charge in [0.15, 0.2) is 5.82 Å². The third kappa shape index (κ3) is 2.93. The van der Waals surface area contributed by atoms with Gasteiger partial charge in [0.05, 0.1) is 17.7 Å². The van der Waals surface area contributed by atoms with E-state index in [1.807, 2.05) is 4.57 Å². The summed E-state index contributed by atoms with van der Waals surface area (Å²) in [5, 5.41) is 8.06. The van der Waals surface area contributed by atoms with Crippen LogP contribution in [-0.4, -0.2) is 32.6 Å². The second kappa shape index (κ2) is 5.68. The minimum atomic E-state index is -4.57. The van der Waals surface area contributed by atoms with E-state index in [2.05, 4.69) is 10.2 Å². The molecular formula is C15H15F3N4O. The molecular weight excluding hydrogens is 309 g/mol. The van der Waals surface area contributed by atoms with Gasteiger partial charge in [0.1, 0.15) is 5.82 Å². The molecule has 1 aromatic heterocycles. The van der Waals surface area contributed by atoms with Gasteiger partial charge < -0.3 is 9.47 Å². The van der Waals surface area contributed by atoms with Crippen LogP contribution in [0.4, 0.5) is 13.2 Å². The van der Waals surface area contributed by atoms with Crippen LogP contribution in [0, 0.1) is 0 Å². The average molecular weight is 324 g/mol. The molecule has 0 atom stereocenters. The summed E-state index contributed by atoms with van der Waals surface area (Å²) in [6.07, 6.45) is -2.77. The van der Waals surface area contributed by atoms with Crippen LogP contribution in [0.3, 0.4) is 0 Å². The highest BCUT2D eigenvalue weighted by Gasteiger charge is 2.35. The molecule has 2 heterocycles. The molecule has 1 aliphatic heterocycles. The number of aryl methyl sites for hydroxylation is 1. The molecule has 1 aromatic carbocycles. The van der Waals surface area contributed by atoms with Crippen molar-refractivity contribution in [3.8, 4) is 0 Å². The van der Waals surface area contributed by atoms with Crippen LogP contribution in [-0.2, 0) is 25.7 Å². The number of carbonyl (C=O) groups excluding carboxylic acids is 1. The van der Waals surface area contributed by atoms with Crippen molar-refractivity contribution < 1.29 is 18.0 Å². The van der Waals surface area contributed by atoms with Gasteiger partial charge in [-0.3, -0.25) is 4.79 Å². The molecule has 0 saturated carbocycles. The first-order valence-corrected chi connectivity index (χ1v) is 7.20. The number of nitrogens with zero attached hydrogens (tertiary/aromatic N) is 4. The summed E-state index contributed by atoms with van der Waals surface area (Å²) in [6, 6.07) is 4.79. The lowest BCUT2D eigenvalue weighted by Crippen LogP contribution is -2.29.